The fourth-order valence-corrected chi connectivity index (χ4v) is 3.03. The number of hydrogen-bond donors (Lipinski definition) is 0. The summed E-state index contributed by atoms with van der Waals surface area (Å²) in [7, 11) is 1.58. The van der Waals surface area contributed by atoms with Gasteiger partial charge in [0.2, 0.25) is 0 Å². The third kappa shape index (κ3) is 3.83. The standard InChI is InChI=1S/C16H16ClNO4S/c1-18(2)16(19)13-6-4-5-11(9-13)12-7-8-14(22-3)15(10-12)23(17,20)21/h4-10H,1-3H3/i3D3. The number of halogens is 1. The lowest BCUT2D eigenvalue weighted by molar-refractivity contribution is 0.0827. The minimum Gasteiger partial charge on any atom is -0.495 e. The number of hydrogen-bond acceptors (Lipinski definition) is 4. The Hall–Kier alpha value is -2.05. The Bertz CT molecular complexity index is 943. The molecule has 2 rings (SSSR count). The SMILES string of the molecule is [2H]C([2H])([2H])Oc1ccc(-c2cccc(C(=O)N(C)C)c2)cc1S(=O)(=O)Cl. The summed E-state index contributed by atoms with van der Waals surface area (Å²) < 4.78 is 49.8. The van der Waals surface area contributed by atoms with Crippen LogP contribution in [-0.2, 0) is 9.05 Å². The molecule has 0 saturated heterocycles. The number of methoxy groups -OCH3 is 1. The molecule has 0 fully saturated rings. The Labute approximate surface area is 144 Å². The van der Waals surface area contributed by atoms with Crippen LogP contribution in [0, 0.1) is 0 Å². The minimum atomic E-state index is -4.25. The lowest BCUT2D eigenvalue weighted by Gasteiger charge is -2.12. The van der Waals surface area contributed by atoms with E-state index in [1.54, 1.807) is 38.4 Å². The van der Waals surface area contributed by atoms with Gasteiger partial charge < -0.3 is 9.64 Å². The molecule has 2 aromatic rings. The van der Waals surface area contributed by atoms with Gasteiger partial charge in [-0.1, -0.05) is 18.2 Å². The maximum Gasteiger partial charge on any atom is 0.265 e. The number of carbonyl (C=O) groups is 1. The maximum absolute atomic E-state index is 12.1. The van der Waals surface area contributed by atoms with E-state index in [9.17, 15) is 13.2 Å². The molecule has 0 bridgehead atoms. The second-order valence-electron chi connectivity index (χ2n) is 4.98. The summed E-state index contributed by atoms with van der Waals surface area (Å²) in [6.45, 7) is 0. The lowest BCUT2D eigenvalue weighted by Crippen LogP contribution is -2.21. The van der Waals surface area contributed by atoms with Gasteiger partial charge in [0.05, 0.1) is 11.2 Å². The number of amides is 1. The first-order valence-electron chi connectivity index (χ1n) is 7.98. The molecule has 0 aliphatic rings. The number of nitrogens with zero attached hydrogens (tertiary/aromatic N) is 1. The van der Waals surface area contributed by atoms with Crippen molar-refractivity contribution in [1.29, 1.82) is 0 Å². The highest BCUT2D eigenvalue weighted by Crippen LogP contribution is 2.32. The molecule has 0 aliphatic heterocycles. The highest BCUT2D eigenvalue weighted by Gasteiger charge is 2.18. The van der Waals surface area contributed by atoms with Crippen molar-refractivity contribution in [3.8, 4) is 16.9 Å². The summed E-state index contributed by atoms with van der Waals surface area (Å²) in [5.74, 6) is -0.580. The van der Waals surface area contributed by atoms with Crippen molar-refractivity contribution in [1.82, 2.24) is 4.90 Å². The summed E-state index contributed by atoms with van der Waals surface area (Å²) in [5, 5.41) is 0. The average Bonchev–Trinajstić information content (AvgIpc) is 2.52. The fraction of sp³-hybridized carbons (Fsp3) is 0.188. The van der Waals surface area contributed by atoms with Crippen LogP contribution in [0.5, 0.6) is 5.75 Å². The van der Waals surface area contributed by atoms with Gasteiger partial charge in [-0.2, -0.15) is 0 Å². The van der Waals surface area contributed by atoms with E-state index < -0.39 is 21.0 Å². The first kappa shape index (κ1) is 13.4. The van der Waals surface area contributed by atoms with Gasteiger partial charge in [-0.3, -0.25) is 4.79 Å². The van der Waals surface area contributed by atoms with E-state index in [1.807, 2.05) is 0 Å². The van der Waals surface area contributed by atoms with Crippen molar-refractivity contribution in [2.24, 2.45) is 0 Å². The van der Waals surface area contributed by atoms with Gasteiger partial charge in [0.25, 0.3) is 15.0 Å². The highest BCUT2D eigenvalue weighted by atomic mass is 35.7. The molecule has 122 valence electrons. The Morgan fingerprint density at radius 3 is 2.48 bits per heavy atom. The molecule has 7 heteroatoms. The second-order valence-corrected chi connectivity index (χ2v) is 7.52. The zero-order chi connectivity index (χ0) is 19.7. The quantitative estimate of drug-likeness (QED) is 0.790. The van der Waals surface area contributed by atoms with Gasteiger partial charge in [0.15, 0.2) is 0 Å². The van der Waals surface area contributed by atoms with Crippen LogP contribution in [0.25, 0.3) is 11.1 Å². The first-order valence-corrected chi connectivity index (χ1v) is 8.79. The lowest BCUT2D eigenvalue weighted by atomic mass is 10.0. The molecule has 0 aromatic heterocycles. The summed E-state index contributed by atoms with van der Waals surface area (Å²) in [6, 6.07) is 10.5. The molecule has 0 atom stereocenters. The molecule has 0 aliphatic carbocycles. The topological polar surface area (TPSA) is 63.7 Å². The van der Waals surface area contributed by atoms with E-state index in [-0.39, 0.29) is 11.7 Å². The third-order valence-electron chi connectivity index (χ3n) is 3.17. The summed E-state index contributed by atoms with van der Waals surface area (Å²) in [4.78, 5) is 13.0. The largest absolute Gasteiger partial charge is 0.495 e. The molecular weight excluding hydrogens is 338 g/mol. The van der Waals surface area contributed by atoms with Crippen molar-refractivity contribution in [2.45, 2.75) is 4.90 Å². The Morgan fingerprint density at radius 2 is 1.87 bits per heavy atom. The predicted octanol–water partition coefficient (Wildman–Crippen LogP) is 2.99. The average molecular weight is 357 g/mol. The number of rotatable bonds is 4. The normalized spacial score (nSPS) is 13.6. The molecule has 2 aromatic carbocycles. The number of ether oxygens (including phenoxy) is 1. The van der Waals surface area contributed by atoms with Crippen molar-refractivity contribution >= 4 is 25.6 Å². The predicted molar refractivity (Wildman–Crippen MR) is 89.5 cm³/mol. The molecule has 0 heterocycles. The molecular formula is C16H16ClNO4S. The van der Waals surface area contributed by atoms with E-state index in [4.69, 9.17) is 19.5 Å². The van der Waals surface area contributed by atoms with Crippen molar-refractivity contribution in [2.75, 3.05) is 21.1 Å². The number of benzene rings is 2. The van der Waals surface area contributed by atoms with Crippen LogP contribution in [-0.4, -0.2) is 40.4 Å². The molecule has 0 unspecified atom stereocenters. The van der Waals surface area contributed by atoms with Crippen LogP contribution < -0.4 is 4.74 Å². The minimum absolute atomic E-state index is 0.209. The second kappa shape index (κ2) is 6.60. The summed E-state index contributed by atoms with van der Waals surface area (Å²) in [5.41, 5.74) is 1.43. The summed E-state index contributed by atoms with van der Waals surface area (Å²) in [6.07, 6.45) is 0. The molecule has 0 spiro atoms. The van der Waals surface area contributed by atoms with Crippen LogP contribution in [0.15, 0.2) is 47.4 Å². The molecule has 23 heavy (non-hydrogen) atoms. The van der Waals surface area contributed by atoms with Crippen LogP contribution in [0.1, 0.15) is 14.5 Å². The smallest absolute Gasteiger partial charge is 0.265 e. The van der Waals surface area contributed by atoms with E-state index in [0.29, 0.717) is 16.7 Å². The van der Waals surface area contributed by atoms with Crippen molar-refractivity contribution < 1.29 is 22.1 Å². The molecule has 0 radical (unpaired) electrons. The Balaban J connectivity index is 2.55. The molecule has 5 nitrogen and oxygen atoms in total. The van der Waals surface area contributed by atoms with Crippen molar-refractivity contribution in [3.63, 3.8) is 0 Å². The van der Waals surface area contributed by atoms with Gasteiger partial charge >= 0.3 is 0 Å². The van der Waals surface area contributed by atoms with Crippen LogP contribution in [0.3, 0.4) is 0 Å². The van der Waals surface area contributed by atoms with Gasteiger partial charge in [-0.15, -0.1) is 0 Å². The van der Waals surface area contributed by atoms with E-state index in [2.05, 4.69) is 0 Å². The zero-order valence-electron chi connectivity index (χ0n) is 15.4. The first-order chi connectivity index (χ1) is 11.9. The Kier molecular flexibility index (Phi) is 3.84. The molecule has 0 N–H and O–H groups in total. The Morgan fingerprint density at radius 1 is 1.17 bits per heavy atom. The fourth-order valence-electron chi connectivity index (χ4n) is 2.05. The van der Waals surface area contributed by atoms with Crippen LogP contribution in [0.2, 0.25) is 0 Å². The maximum atomic E-state index is 12.1. The molecule has 1 amide bonds. The van der Waals surface area contributed by atoms with E-state index in [0.717, 1.165) is 0 Å². The van der Waals surface area contributed by atoms with Gasteiger partial charge in [0.1, 0.15) is 10.6 Å². The van der Waals surface area contributed by atoms with E-state index >= 15 is 0 Å². The highest BCUT2D eigenvalue weighted by molar-refractivity contribution is 8.13. The monoisotopic (exact) mass is 356 g/mol. The summed E-state index contributed by atoms with van der Waals surface area (Å²) >= 11 is 0. The third-order valence-corrected chi connectivity index (χ3v) is 4.51. The number of carbonyl (C=O) groups excluding carboxylic acids is 1. The van der Waals surface area contributed by atoms with Gasteiger partial charge in [-0.25, -0.2) is 8.42 Å². The van der Waals surface area contributed by atoms with Crippen LogP contribution in [0.4, 0.5) is 0 Å². The van der Waals surface area contributed by atoms with Gasteiger partial charge in [0, 0.05) is 30.3 Å². The molecule has 0 saturated carbocycles. The van der Waals surface area contributed by atoms with Crippen LogP contribution >= 0.6 is 10.7 Å². The van der Waals surface area contributed by atoms with E-state index in [1.165, 1.54) is 23.1 Å². The van der Waals surface area contributed by atoms with Crippen molar-refractivity contribution in [3.05, 3.63) is 48.0 Å². The van der Waals surface area contributed by atoms with Gasteiger partial charge in [-0.05, 0) is 35.4 Å². The zero-order valence-corrected chi connectivity index (χ0v) is 14.0.